The van der Waals surface area contributed by atoms with E-state index in [4.69, 9.17) is 0 Å². The normalized spacial score (nSPS) is 16.3. The van der Waals surface area contributed by atoms with Gasteiger partial charge in [0.05, 0.1) is 0 Å². The Morgan fingerprint density at radius 1 is 0.625 bits per heavy atom. The van der Waals surface area contributed by atoms with Crippen LogP contribution < -0.4 is 0 Å². The first-order valence-corrected chi connectivity index (χ1v) is 7.40. The first-order chi connectivity index (χ1) is 7.40. The third kappa shape index (κ3) is 10.5. The summed E-state index contributed by atoms with van der Waals surface area (Å²) in [6.45, 7) is 18.3. The molecule has 0 saturated carbocycles. The van der Waals surface area contributed by atoms with E-state index in [1.165, 1.54) is 25.7 Å². The summed E-state index contributed by atoms with van der Waals surface area (Å²) in [5.41, 5.74) is 0. The van der Waals surface area contributed by atoms with Crippen LogP contribution in [-0.4, -0.2) is 0 Å². The van der Waals surface area contributed by atoms with Crippen molar-refractivity contribution in [2.45, 2.75) is 81.1 Å². The zero-order valence-electron chi connectivity index (χ0n) is 13.1. The van der Waals surface area contributed by atoms with Crippen LogP contribution in [-0.2, 0) is 0 Å². The summed E-state index contributed by atoms with van der Waals surface area (Å²) in [7, 11) is 0. The first kappa shape index (κ1) is 18.4. The number of hydrogen-bond donors (Lipinski definition) is 0. The summed E-state index contributed by atoms with van der Waals surface area (Å²) in [5, 5.41) is 0. The molecule has 0 aromatic rings. The smallest absolute Gasteiger partial charge is 0.0420 e. The van der Waals surface area contributed by atoms with E-state index in [-0.39, 0.29) is 0 Å². The Morgan fingerprint density at radius 3 is 1.12 bits per heavy atom. The molecule has 3 unspecified atom stereocenters. The highest BCUT2D eigenvalue weighted by Crippen LogP contribution is 2.16. The van der Waals surface area contributed by atoms with Crippen molar-refractivity contribution in [1.29, 1.82) is 0 Å². The average molecular weight is 228 g/mol. The summed E-state index contributed by atoms with van der Waals surface area (Å²) >= 11 is 0. The standard InChI is InChI=1S/2C8H18/c1-5-6-8(4)7(2)3;1-5-7(3)8(4)6-2/h2*7-8H,5-6H2,1-4H3. The second-order valence-corrected chi connectivity index (χ2v) is 5.78. The molecule has 0 aromatic heterocycles. The number of rotatable bonds is 6. The molecule has 3 atom stereocenters. The van der Waals surface area contributed by atoms with Gasteiger partial charge < -0.3 is 0 Å². The molecule has 0 saturated heterocycles. The van der Waals surface area contributed by atoms with Crippen LogP contribution in [0.1, 0.15) is 81.1 Å². The van der Waals surface area contributed by atoms with E-state index in [9.17, 15) is 0 Å². The lowest BCUT2D eigenvalue weighted by Gasteiger charge is -2.14. The molecule has 0 spiro atoms. The Labute approximate surface area is 105 Å². The van der Waals surface area contributed by atoms with Gasteiger partial charge in [-0.15, -0.1) is 0 Å². The Balaban J connectivity index is 0. The van der Waals surface area contributed by atoms with Gasteiger partial charge in [0, 0.05) is 0 Å². The van der Waals surface area contributed by atoms with Crippen molar-refractivity contribution in [3.05, 3.63) is 0 Å². The average Bonchev–Trinajstić information content (AvgIpc) is 2.28. The molecule has 0 aliphatic rings. The third-order valence-corrected chi connectivity index (χ3v) is 4.14. The van der Waals surface area contributed by atoms with Crippen LogP contribution >= 0.6 is 0 Å². The highest BCUT2D eigenvalue weighted by molar-refractivity contribution is 4.56. The van der Waals surface area contributed by atoms with Gasteiger partial charge in [0.25, 0.3) is 0 Å². The van der Waals surface area contributed by atoms with Crippen molar-refractivity contribution in [3.63, 3.8) is 0 Å². The minimum atomic E-state index is 0.870. The van der Waals surface area contributed by atoms with Crippen molar-refractivity contribution in [2.75, 3.05) is 0 Å². The van der Waals surface area contributed by atoms with Gasteiger partial charge >= 0.3 is 0 Å². The van der Waals surface area contributed by atoms with Gasteiger partial charge in [-0.05, 0) is 23.7 Å². The molecule has 0 rings (SSSR count). The summed E-state index contributed by atoms with van der Waals surface area (Å²) in [6.07, 6.45) is 5.38. The summed E-state index contributed by atoms with van der Waals surface area (Å²) < 4.78 is 0. The van der Waals surface area contributed by atoms with E-state index in [1.807, 2.05) is 0 Å². The predicted molar refractivity (Wildman–Crippen MR) is 77.8 cm³/mol. The molecule has 0 heteroatoms. The molecule has 0 bridgehead atoms. The molecule has 0 radical (unpaired) electrons. The molecule has 0 nitrogen and oxygen atoms in total. The lowest BCUT2D eigenvalue weighted by Crippen LogP contribution is -2.04. The molecule has 16 heavy (non-hydrogen) atoms. The second-order valence-electron chi connectivity index (χ2n) is 5.78. The fourth-order valence-corrected chi connectivity index (χ4v) is 1.59. The molecular weight excluding hydrogens is 192 g/mol. The maximum Gasteiger partial charge on any atom is -0.0420 e. The van der Waals surface area contributed by atoms with Gasteiger partial charge in [-0.3, -0.25) is 0 Å². The van der Waals surface area contributed by atoms with Crippen molar-refractivity contribution in [3.8, 4) is 0 Å². The summed E-state index contributed by atoms with van der Waals surface area (Å²) in [4.78, 5) is 0. The van der Waals surface area contributed by atoms with E-state index in [0.717, 1.165) is 23.7 Å². The zero-order valence-corrected chi connectivity index (χ0v) is 13.1. The quantitative estimate of drug-likeness (QED) is 0.511. The fourth-order valence-electron chi connectivity index (χ4n) is 1.59. The van der Waals surface area contributed by atoms with Crippen molar-refractivity contribution >= 4 is 0 Å². The maximum atomic E-state index is 2.33. The summed E-state index contributed by atoms with van der Waals surface area (Å²) in [6, 6.07) is 0. The lowest BCUT2D eigenvalue weighted by molar-refractivity contribution is 0.367. The molecule has 0 fully saturated rings. The Kier molecular flexibility index (Phi) is 13.2. The van der Waals surface area contributed by atoms with Crippen LogP contribution in [0.5, 0.6) is 0 Å². The van der Waals surface area contributed by atoms with E-state index < -0.39 is 0 Å². The van der Waals surface area contributed by atoms with Gasteiger partial charge in [-0.1, -0.05) is 81.1 Å². The van der Waals surface area contributed by atoms with Gasteiger partial charge in [0.2, 0.25) is 0 Å². The number of hydrogen-bond acceptors (Lipinski definition) is 0. The highest BCUT2D eigenvalue weighted by Gasteiger charge is 2.05. The van der Waals surface area contributed by atoms with Crippen LogP contribution in [0.15, 0.2) is 0 Å². The Morgan fingerprint density at radius 2 is 1.00 bits per heavy atom. The van der Waals surface area contributed by atoms with Gasteiger partial charge in [0.1, 0.15) is 0 Å². The van der Waals surface area contributed by atoms with Crippen molar-refractivity contribution < 1.29 is 0 Å². The Bertz CT molecular complexity index is 118. The molecule has 0 N–H and O–H groups in total. The Hall–Kier alpha value is 0. The van der Waals surface area contributed by atoms with Gasteiger partial charge in [0.15, 0.2) is 0 Å². The molecule has 0 aliphatic heterocycles. The van der Waals surface area contributed by atoms with Crippen LogP contribution in [0, 0.1) is 23.7 Å². The minimum Gasteiger partial charge on any atom is -0.0654 e. The largest absolute Gasteiger partial charge is 0.0654 e. The van der Waals surface area contributed by atoms with E-state index >= 15 is 0 Å². The zero-order chi connectivity index (χ0) is 13.1. The maximum absolute atomic E-state index is 2.33. The summed E-state index contributed by atoms with van der Waals surface area (Å²) in [5.74, 6) is 3.62. The third-order valence-electron chi connectivity index (χ3n) is 4.14. The SMILES string of the molecule is CCC(C)C(C)CC.CCCC(C)C(C)C. The van der Waals surface area contributed by atoms with Gasteiger partial charge in [-0.2, -0.15) is 0 Å². The van der Waals surface area contributed by atoms with E-state index in [2.05, 4.69) is 55.4 Å². The van der Waals surface area contributed by atoms with Crippen LogP contribution in [0.4, 0.5) is 0 Å². The predicted octanol–water partition coefficient (Wildman–Crippen LogP) is 6.16. The molecule has 0 heterocycles. The second kappa shape index (κ2) is 11.5. The van der Waals surface area contributed by atoms with Crippen LogP contribution in [0.3, 0.4) is 0 Å². The lowest BCUT2D eigenvalue weighted by atomic mass is 9.92. The monoisotopic (exact) mass is 228 g/mol. The molecule has 100 valence electrons. The van der Waals surface area contributed by atoms with Gasteiger partial charge in [-0.25, -0.2) is 0 Å². The van der Waals surface area contributed by atoms with Crippen molar-refractivity contribution in [2.24, 2.45) is 23.7 Å². The molecular formula is C16H36. The molecule has 0 amide bonds. The first-order valence-electron chi connectivity index (χ1n) is 7.40. The topological polar surface area (TPSA) is 0 Å². The minimum absolute atomic E-state index is 0.870. The van der Waals surface area contributed by atoms with E-state index in [0.29, 0.717) is 0 Å². The van der Waals surface area contributed by atoms with Crippen molar-refractivity contribution in [1.82, 2.24) is 0 Å². The van der Waals surface area contributed by atoms with E-state index in [1.54, 1.807) is 0 Å². The van der Waals surface area contributed by atoms with Crippen LogP contribution in [0.2, 0.25) is 0 Å². The molecule has 0 aromatic carbocycles. The van der Waals surface area contributed by atoms with Crippen LogP contribution in [0.25, 0.3) is 0 Å². The molecule has 0 aliphatic carbocycles. The highest BCUT2D eigenvalue weighted by atomic mass is 14.1. The fraction of sp³-hybridized carbons (Fsp3) is 1.00.